The SMILES string of the molecule is Cc1cc(-c2sc(NC(=O)N3C[C@@H]4OCCN(C(=O)OC(C)(C)C)[C@H]4C3)nc2-c2cccc(C#N)c2)cc(C)n1. The number of carbonyl (C=O) groups is 2. The van der Waals surface area contributed by atoms with E-state index in [0.717, 1.165) is 27.4 Å². The van der Waals surface area contributed by atoms with E-state index in [9.17, 15) is 14.9 Å². The van der Waals surface area contributed by atoms with Crippen molar-refractivity contribution in [2.24, 2.45) is 0 Å². The molecule has 3 amide bonds. The molecule has 40 heavy (non-hydrogen) atoms. The number of carbonyl (C=O) groups excluding carboxylic acids is 2. The first-order valence-electron chi connectivity index (χ1n) is 13.1. The molecule has 2 aliphatic rings. The number of likely N-dealkylation sites (tertiary alicyclic amines) is 1. The summed E-state index contributed by atoms with van der Waals surface area (Å²) in [7, 11) is 0. The number of thiazole rings is 1. The molecule has 10 nitrogen and oxygen atoms in total. The minimum atomic E-state index is -0.612. The Morgan fingerprint density at radius 1 is 1.12 bits per heavy atom. The lowest BCUT2D eigenvalue weighted by Gasteiger charge is -2.37. The lowest BCUT2D eigenvalue weighted by Crippen LogP contribution is -2.54. The second-order valence-corrected chi connectivity index (χ2v) is 12.0. The Morgan fingerprint density at radius 2 is 1.88 bits per heavy atom. The first kappa shape index (κ1) is 27.6. The van der Waals surface area contributed by atoms with E-state index in [-0.39, 0.29) is 18.2 Å². The molecule has 0 bridgehead atoms. The zero-order chi connectivity index (χ0) is 28.6. The van der Waals surface area contributed by atoms with E-state index in [1.807, 2.05) is 58.9 Å². The summed E-state index contributed by atoms with van der Waals surface area (Å²) in [5.74, 6) is 0. The molecule has 1 N–H and O–H groups in total. The summed E-state index contributed by atoms with van der Waals surface area (Å²) in [6, 6.07) is 12.8. The van der Waals surface area contributed by atoms with Crippen LogP contribution in [0.25, 0.3) is 21.7 Å². The topological polar surface area (TPSA) is 121 Å². The highest BCUT2D eigenvalue weighted by Gasteiger charge is 2.45. The van der Waals surface area contributed by atoms with Gasteiger partial charge in [-0.2, -0.15) is 5.26 Å². The summed E-state index contributed by atoms with van der Waals surface area (Å²) in [4.78, 5) is 39.7. The maximum Gasteiger partial charge on any atom is 0.410 e. The summed E-state index contributed by atoms with van der Waals surface area (Å²) in [6.45, 7) is 10.9. The highest BCUT2D eigenvalue weighted by Crippen LogP contribution is 2.40. The fraction of sp³-hybridized carbons (Fsp3) is 0.414. The number of nitrogens with zero attached hydrogens (tertiary/aromatic N) is 5. The number of anilines is 1. The van der Waals surface area contributed by atoms with Crippen molar-refractivity contribution < 1.29 is 19.1 Å². The van der Waals surface area contributed by atoms with Gasteiger partial charge in [-0.1, -0.05) is 23.5 Å². The van der Waals surface area contributed by atoms with Gasteiger partial charge in [0.05, 0.1) is 47.5 Å². The van der Waals surface area contributed by atoms with Crippen molar-refractivity contribution in [1.29, 1.82) is 5.26 Å². The number of ether oxygens (including phenoxy) is 2. The number of pyridine rings is 1. The summed E-state index contributed by atoms with van der Waals surface area (Å²) in [5, 5.41) is 12.8. The van der Waals surface area contributed by atoms with Gasteiger partial charge in [0.1, 0.15) is 5.60 Å². The summed E-state index contributed by atoms with van der Waals surface area (Å²) in [5.41, 5.74) is 4.06. The van der Waals surface area contributed by atoms with Crippen LogP contribution in [0.5, 0.6) is 0 Å². The number of urea groups is 1. The highest BCUT2D eigenvalue weighted by atomic mass is 32.1. The van der Waals surface area contributed by atoms with Gasteiger partial charge < -0.3 is 14.4 Å². The monoisotopic (exact) mass is 560 g/mol. The number of benzene rings is 1. The van der Waals surface area contributed by atoms with E-state index in [1.165, 1.54) is 11.3 Å². The first-order valence-corrected chi connectivity index (χ1v) is 14.0. The molecule has 0 spiro atoms. The summed E-state index contributed by atoms with van der Waals surface area (Å²) >= 11 is 1.37. The molecule has 0 aliphatic carbocycles. The quantitative estimate of drug-likeness (QED) is 0.467. The predicted octanol–water partition coefficient (Wildman–Crippen LogP) is 5.21. The number of aromatic nitrogens is 2. The number of nitrogens with one attached hydrogen (secondary N) is 1. The maximum absolute atomic E-state index is 13.4. The molecule has 2 saturated heterocycles. The number of fused-ring (bicyclic) bond motifs is 1. The molecule has 2 aromatic heterocycles. The van der Waals surface area contributed by atoms with E-state index in [1.54, 1.807) is 21.9 Å². The molecular formula is C29H32N6O4S. The third-order valence-electron chi connectivity index (χ3n) is 6.67. The van der Waals surface area contributed by atoms with Crippen molar-refractivity contribution in [1.82, 2.24) is 19.8 Å². The molecular weight excluding hydrogens is 528 g/mol. The second-order valence-electron chi connectivity index (χ2n) is 11.0. The Morgan fingerprint density at radius 3 is 2.58 bits per heavy atom. The molecule has 4 heterocycles. The molecule has 2 aliphatic heterocycles. The smallest absolute Gasteiger partial charge is 0.410 e. The van der Waals surface area contributed by atoms with Crippen LogP contribution in [0.15, 0.2) is 36.4 Å². The van der Waals surface area contributed by atoms with Gasteiger partial charge in [0.15, 0.2) is 5.13 Å². The Kier molecular flexibility index (Phi) is 7.49. The molecule has 11 heteroatoms. The number of hydrogen-bond acceptors (Lipinski definition) is 8. The van der Waals surface area contributed by atoms with Crippen LogP contribution in [0.4, 0.5) is 14.7 Å². The Labute approximate surface area is 237 Å². The van der Waals surface area contributed by atoms with Crippen LogP contribution < -0.4 is 5.32 Å². The van der Waals surface area contributed by atoms with Gasteiger partial charge in [0.25, 0.3) is 0 Å². The van der Waals surface area contributed by atoms with Crippen molar-refractivity contribution in [2.45, 2.75) is 52.4 Å². The first-order chi connectivity index (χ1) is 19.0. The fourth-order valence-electron chi connectivity index (χ4n) is 5.04. The lowest BCUT2D eigenvalue weighted by molar-refractivity contribution is -0.0569. The standard InChI is InChI=1S/C29H32N6O4S/c1-17-11-21(12-18(2)31-17)25-24(20-8-6-7-19(13-20)14-30)32-26(40-25)33-27(36)34-15-22-23(16-34)38-10-9-35(22)28(37)39-29(3,4)5/h6-8,11-13,22-23H,9-10,15-16H2,1-5H3,(H,32,33,36)/t22-,23-/m0/s1. The molecule has 1 aromatic carbocycles. The normalized spacial score (nSPS) is 18.7. The molecule has 208 valence electrons. The van der Waals surface area contributed by atoms with Crippen LogP contribution in [0.1, 0.15) is 37.7 Å². The number of morpholine rings is 1. The van der Waals surface area contributed by atoms with E-state index >= 15 is 0 Å². The van der Waals surface area contributed by atoms with Crippen molar-refractivity contribution in [3.8, 4) is 27.8 Å². The molecule has 0 radical (unpaired) electrons. The third-order valence-corrected chi connectivity index (χ3v) is 7.69. The van der Waals surface area contributed by atoms with Crippen LogP contribution >= 0.6 is 11.3 Å². The number of amides is 3. The van der Waals surface area contributed by atoms with E-state index in [0.29, 0.717) is 42.6 Å². The van der Waals surface area contributed by atoms with Gasteiger partial charge in [-0.3, -0.25) is 15.2 Å². The number of hydrogen-bond donors (Lipinski definition) is 1. The van der Waals surface area contributed by atoms with E-state index in [2.05, 4.69) is 16.4 Å². The minimum Gasteiger partial charge on any atom is -0.444 e. The third kappa shape index (κ3) is 5.93. The summed E-state index contributed by atoms with van der Waals surface area (Å²) in [6.07, 6.45) is -0.685. The van der Waals surface area contributed by atoms with E-state index in [4.69, 9.17) is 14.5 Å². The number of rotatable bonds is 3. The second kappa shape index (κ2) is 10.9. The van der Waals surface area contributed by atoms with Crippen LogP contribution in [0, 0.1) is 25.2 Å². The highest BCUT2D eigenvalue weighted by molar-refractivity contribution is 7.19. The number of nitriles is 1. The van der Waals surface area contributed by atoms with Gasteiger partial charge in [0, 0.05) is 30.0 Å². The van der Waals surface area contributed by atoms with Crippen LogP contribution in [-0.2, 0) is 9.47 Å². The van der Waals surface area contributed by atoms with E-state index < -0.39 is 11.7 Å². The Bertz CT molecular complexity index is 1470. The van der Waals surface area contributed by atoms with Crippen molar-refractivity contribution in [3.05, 3.63) is 53.3 Å². The van der Waals surface area contributed by atoms with Gasteiger partial charge >= 0.3 is 12.1 Å². The van der Waals surface area contributed by atoms with Gasteiger partial charge in [0.2, 0.25) is 0 Å². The fourth-order valence-corrected chi connectivity index (χ4v) is 6.00. The van der Waals surface area contributed by atoms with Crippen molar-refractivity contribution in [3.63, 3.8) is 0 Å². The lowest BCUT2D eigenvalue weighted by atomic mass is 10.0. The zero-order valence-electron chi connectivity index (χ0n) is 23.2. The van der Waals surface area contributed by atoms with Crippen LogP contribution in [0.2, 0.25) is 0 Å². The van der Waals surface area contributed by atoms with Gasteiger partial charge in [-0.05, 0) is 64.4 Å². The predicted molar refractivity (Wildman–Crippen MR) is 152 cm³/mol. The van der Waals surface area contributed by atoms with Gasteiger partial charge in [-0.25, -0.2) is 14.6 Å². The molecule has 2 fully saturated rings. The Hall–Kier alpha value is -4.01. The molecule has 0 unspecified atom stereocenters. The molecule has 3 aromatic rings. The maximum atomic E-state index is 13.4. The molecule has 2 atom stereocenters. The Balaban J connectivity index is 1.39. The van der Waals surface area contributed by atoms with Crippen LogP contribution in [-0.4, -0.2) is 75.9 Å². The average molecular weight is 561 g/mol. The largest absolute Gasteiger partial charge is 0.444 e. The average Bonchev–Trinajstić information content (AvgIpc) is 3.52. The van der Waals surface area contributed by atoms with Crippen molar-refractivity contribution in [2.75, 3.05) is 31.6 Å². The number of aryl methyl sites for hydroxylation is 2. The van der Waals surface area contributed by atoms with Crippen LogP contribution in [0.3, 0.4) is 0 Å². The minimum absolute atomic E-state index is 0.284. The zero-order valence-corrected chi connectivity index (χ0v) is 24.0. The van der Waals surface area contributed by atoms with Gasteiger partial charge in [-0.15, -0.1) is 0 Å². The summed E-state index contributed by atoms with van der Waals surface area (Å²) < 4.78 is 11.5. The molecule has 0 saturated carbocycles. The molecule has 5 rings (SSSR count). The van der Waals surface area contributed by atoms with Crippen molar-refractivity contribution >= 4 is 28.6 Å².